The van der Waals surface area contributed by atoms with Crippen molar-refractivity contribution < 1.29 is 9.90 Å². The Morgan fingerprint density at radius 3 is 2.76 bits per heavy atom. The van der Waals surface area contributed by atoms with Gasteiger partial charge in [-0.1, -0.05) is 11.6 Å². The predicted molar refractivity (Wildman–Crippen MR) is 66.9 cm³/mol. The Morgan fingerprint density at radius 2 is 2.24 bits per heavy atom. The van der Waals surface area contributed by atoms with Crippen LogP contribution in [-0.2, 0) is 0 Å². The zero-order valence-electron chi connectivity index (χ0n) is 10.1. The molecule has 0 fully saturated rings. The van der Waals surface area contributed by atoms with Crippen molar-refractivity contribution >= 4 is 23.2 Å². The summed E-state index contributed by atoms with van der Waals surface area (Å²) >= 11 is 5.73. The number of pyridine rings is 1. The van der Waals surface area contributed by atoms with Crippen molar-refractivity contribution in [1.82, 2.24) is 9.88 Å². The first-order valence-electron chi connectivity index (χ1n) is 5.09. The van der Waals surface area contributed by atoms with Crippen LogP contribution in [0.1, 0.15) is 24.2 Å². The normalized spacial score (nSPS) is 11.4. The molecule has 0 saturated heterocycles. The fourth-order valence-corrected chi connectivity index (χ4v) is 1.35. The molecule has 0 spiro atoms. The second-order valence-corrected chi connectivity index (χ2v) is 4.82. The predicted octanol–water partition coefficient (Wildman–Crippen LogP) is 1.16. The van der Waals surface area contributed by atoms with Crippen molar-refractivity contribution in [1.29, 1.82) is 0 Å². The van der Waals surface area contributed by atoms with E-state index in [1.54, 1.807) is 20.9 Å². The molecule has 0 aliphatic rings. The van der Waals surface area contributed by atoms with Crippen LogP contribution in [0.2, 0.25) is 5.15 Å². The van der Waals surface area contributed by atoms with Gasteiger partial charge in [0, 0.05) is 7.05 Å². The van der Waals surface area contributed by atoms with Gasteiger partial charge in [-0.15, -0.1) is 0 Å². The maximum atomic E-state index is 12.2. The largest absolute Gasteiger partial charge is 0.397 e. The van der Waals surface area contributed by atoms with Crippen molar-refractivity contribution in [2.45, 2.75) is 19.4 Å². The number of nitrogens with zero attached hydrogens (tertiary/aromatic N) is 2. The van der Waals surface area contributed by atoms with Crippen LogP contribution in [0.5, 0.6) is 0 Å². The van der Waals surface area contributed by atoms with Gasteiger partial charge in [-0.25, -0.2) is 4.98 Å². The number of aliphatic hydroxyl groups excluding tert-OH is 1. The molecule has 3 N–H and O–H groups in total. The molecule has 94 valence electrons. The first-order valence-corrected chi connectivity index (χ1v) is 5.47. The lowest BCUT2D eigenvalue weighted by Crippen LogP contribution is -2.47. The Bertz CT molecular complexity index is 435. The molecule has 1 aromatic rings. The molecule has 5 nitrogen and oxygen atoms in total. The van der Waals surface area contributed by atoms with Crippen molar-refractivity contribution in [3.8, 4) is 0 Å². The molecule has 0 aromatic carbocycles. The van der Waals surface area contributed by atoms with E-state index in [4.69, 9.17) is 17.3 Å². The number of aliphatic hydroxyl groups is 1. The Kier molecular flexibility index (Phi) is 3.95. The highest BCUT2D eigenvalue weighted by molar-refractivity contribution is 6.29. The van der Waals surface area contributed by atoms with Crippen molar-refractivity contribution in [3.05, 3.63) is 23.0 Å². The number of nitrogens with two attached hydrogens (primary N) is 1. The quantitative estimate of drug-likeness (QED) is 0.797. The Hall–Kier alpha value is -1.33. The Labute approximate surface area is 105 Å². The van der Waals surface area contributed by atoms with Gasteiger partial charge in [0.2, 0.25) is 0 Å². The number of hydrogen-bond donors (Lipinski definition) is 2. The van der Waals surface area contributed by atoms with Gasteiger partial charge in [-0.05, 0) is 19.9 Å². The average Bonchev–Trinajstić information content (AvgIpc) is 2.30. The average molecular weight is 258 g/mol. The minimum atomic E-state index is -0.667. The number of anilines is 1. The summed E-state index contributed by atoms with van der Waals surface area (Å²) in [4.78, 5) is 17.4. The molecule has 17 heavy (non-hydrogen) atoms. The molecule has 0 saturated carbocycles. The van der Waals surface area contributed by atoms with Crippen molar-refractivity contribution in [3.63, 3.8) is 0 Å². The van der Waals surface area contributed by atoms with E-state index >= 15 is 0 Å². The SMILES string of the molecule is CN(C(=O)c1cc(Cl)ncc1N)C(C)(C)CO. The summed E-state index contributed by atoms with van der Waals surface area (Å²) < 4.78 is 0. The molecular formula is C11H16ClN3O2. The maximum Gasteiger partial charge on any atom is 0.256 e. The highest BCUT2D eigenvalue weighted by Gasteiger charge is 2.28. The lowest BCUT2D eigenvalue weighted by atomic mass is 10.0. The van der Waals surface area contributed by atoms with Gasteiger partial charge in [-0.3, -0.25) is 4.79 Å². The molecule has 6 heteroatoms. The van der Waals surface area contributed by atoms with E-state index in [1.165, 1.54) is 17.2 Å². The van der Waals surface area contributed by atoms with Crippen LogP contribution in [0.25, 0.3) is 0 Å². The second-order valence-electron chi connectivity index (χ2n) is 4.43. The van der Waals surface area contributed by atoms with Crippen LogP contribution in [0, 0.1) is 0 Å². The second kappa shape index (κ2) is 4.89. The fourth-order valence-electron chi connectivity index (χ4n) is 1.19. The van der Waals surface area contributed by atoms with Gasteiger partial charge in [0.15, 0.2) is 0 Å². The van der Waals surface area contributed by atoms with Gasteiger partial charge in [0.25, 0.3) is 5.91 Å². The molecule has 1 aromatic heterocycles. The number of likely N-dealkylation sites (N-methyl/N-ethyl adjacent to an activating group) is 1. The van der Waals surface area contributed by atoms with Gasteiger partial charge in [0.05, 0.1) is 29.6 Å². The summed E-state index contributed by atoms with van der Waals surface area (Å²) in [5.74, 6) is -0.300. The number of halogens is 1. The number of carbonyl (C=O) groups is 1. The van der Waals surface area contributed by atoms with E-state index in [9.17, 15) is 9.90 Å². The summed E-state index contributed by atoms with van der Waals surface area (Å²) in [6, 6.07) is 1.42. The zero-order chi connectivity index (χ0) is 13.2. The third-order valence-electron chi connectivity index (χ3n) is 2.73. The standard InChI is InChI=1S/C11H16ClN3O2/c1-11(2,6-16)15(3)10(17)7-4-9(12)14-5-8(7)13/h4-5,16H,6,13H2,1-3H3. The third-order valence-corrected chi connectivity index (χ3v) is 2.94. The monoisotopic (exact) mass is 257 g/mol. The van der Waals surface area contributed by atoms with Crippen LogP contribution >= 0.6 is 11.6 Å². The van der Waals surface area contributed by atoms with Gasteiger partial charge < -0.3 is 15.7 Å². The van der Waals surface area contributed by atoms with Gasteiger partial charge in [-0.2, -0.15) is 0 Å². The first kappa shape index (κ1) is 13.7. The molecule has 1 rings (SSSR count). The summed E-state index contributed by atoms with van der Waals surface area (Å²) in [6.07, 6.45) is 1.34. The molecule has 1 amide bonds. The van der Waals surface area contributed by atoms with Crippen LogP contribution < -0.4 is 5.73 Å². The van der Waals surface area contributed by atoms with Crippen LogP contribution in [-0.4, -0.2) is 40.1 Å². The number of nitrogen functional groups attached to an aromatic ring is 1. The van der Waals surface area contributed by atoms with E-state index in [2.05, 4.69) is 4.98 Å². The van der Waals surface area contributed by atoms with E-state index in [-0.39, 0.29) is 28.9 Å². The van der Waals surface area contributed by atoms with Gasteiger partial charge >= 0.3 is 0 Å². The molecule has 1 heterocycles. The van der Waals surface area contributed by atoms with E-state index in [0.29, 0.717) is 0 Å². The van der Waals surface area contributed by atoms with E-state index < -0.39 is 5.54 Å². The number of rotatable bonds is 3. The van der Waals surface area contributed by atoms with Crippen LogP contribution in [0.15, 0.2) is 12.3 Å². The molecule has 0 bridgehead atoms. The molecule has 0 radical (unpaired) electrons. The lowest BCUT2D eigenvalue weighted by Gasteiger charge is -2.34. The molecule has 0 unspecified atom stereocenters. The minimum Gasteiger partial charge on any atom is -0.397 e. The molecule has 0 aliphatic carbocycles. The smallest absolute Gasteiger partial charge is 0.256 e. The van der Waals surface area contributed by atoms with Crippen molar-refractivity contribution in [2.75, 3.05) is 19.4 Å². The maximum absolute atomic E-state index is 12.2. The first-order chi connectivity index (χ1) is 7.79. The summed E-state index contributed by atoms with van der Waals surface area (Å²) in [5.41, 5.74) is 5.56. The summed E-state index contributed by atoms with van der Waals surface area (Å²) in [5, 5.41) is 9.43. The highest BCUT2D eigenvalue weighted by atomic mass is 35.5. The minimum absolute atomic E-state index is 0.145. The van der Waals surface area contributed by atoms with Crippen molar-refractivity contribution in [2.24, 2.45) is 0 Å². The lowest BCUT2D eigenvalue weighted by molar-refractivity contribution is 0.0474. The molecular weight excluding hydrogens is 242 g/mol. The number of amides is 1. The van der Waals surface area contributed by atoms with Crippen LogP contribution in [0.4, 0.5) is 5.69 Å². The topological polar surface area (TPSA) is 79.5 Å². The summed E-state index contributed by atoms with van der Waals surface area (Å²) in [6.45, 7) is 3.36. The van der Waals surface area contributed by atoms with E-state index in [0.717, 1.165) is 0 Å². The Morgan fingerprint density at radius 1 is 1.65 bits per heavy atom. The Balaban J connectivity index is 3.08. The number of aromatic nitrogens is 1. The third kappa shape index (κ3) is 2.87. The summed E-state index contributed by atoms with van der Waals surface area (Å²) in [7, 11) is 1.60. The highest BCUT2D eigenvalue weighted by Crippen LogP contribution is 2.20. The number of carbonyl (C=O) groups excluding carboxylic acids is 1. The number of hydrogen-bond acceptors (Lipinski definition) is 4. The zero-order valence-corrected chi connectivity index (χ0v) is 10.8. The molecule has 0 atom stereocenters. The fraction of sp³-hybridized carbons (Fsp3) is 0.455. The van der Waals surface area contributed by atoms with Crippen LogP contribution in [0.3, 0.4) is 0 Å². The van der Waals surface area contributed by atoms with Gasteiger partial charge in [0.1, 0.15) is 5.15 Å². The molecule has 0 aliphatic heterocycles. The van der Waals surface area contributed by atoms with E-state index in [1.807, 2.05) is 0 Å².